The minimum atomic E-state index is 0.278. The Morgan fingerprint density at radius 3 is 2.48 bits per heavy atom. The van der Waals surface area contributed by atoms with Crippen LogP contribution in [0.2, 0.25) is 5.02 Å². The highest BCUT2D eigenvalue weighted by Gasteiger charge is 2.12. The molecule has 0 spiro atoms. The third-order valence-corrected chi connectivity index (χ3v) is 4.35. The van der Waals surface area contributed by atoms with Crippen molar-refractivity contribution in [2.45, 2.75) is 46.4 Å². The molecule has 0 unspecified atom stereocenters. The van der Waals surface area contributed by atoms with Crippen molar-refractivity contribution in [2.75, 3.05) is 20.3 Å². The maximum absolute atomic E-state index is 6.45. The zero-order valence-corrected chi connectivity index (χ0v) is 17.4. The lowest BCUT2D eigenvalue weighted by Crippen LogP contribution is -2.17. The summed E-state index contributed by atoms with van der Waals surface area (Å²) in [6, 6.07) is 12.1. The summed E-state index contributed by atoms with van der Waals surface area (Å²) in [5, 5.41) is 3.96. The minimum absolute atomic E-state index is 0.278. The molecule has 5 heteroatoms. The second-order valence-corrected chi connectivity index (χ2v) is 7.24. The van der Waals surface area contributed by atoms with Crippen LogP contribution in [0.3, 0.4) is 0 Å². The van der Waals surface area contributed by atoms with E-state index in [-0.39, 0.29) is 6.10 Å². The summed E-state index contributed by atoms with van der Waals surface area (Å²) in [7, 11) is 1.63. The summed E-state index contributed by atoms with van der Waals surface area (Å²) in [5.74, 6) is 1.23. The van der Waals surface area contributed by atoms with E-state index in [1.54, 1.807) is 7.11 Å². The van der Waals surface area contributed by atoms with Gasteiger partial charge in [-0.3, -0.25) is 0 Å². The summed E-state index contributed by atoms with van der Waals surface area (Å²) in [6.45, 7) is 8.97. The van der Waals surface area contributed by atoms with E-state index in [2.05, 4.69) is 36.5 Å². The molecular formula is C22H30ClNO3. The standard InChI is InChI=1S/C22H30ClNO3/c1-16(2)26-11-5-10-24-14-19-12-20(23)22(21(13-19)25-4)27-15-18-8-6-17(3)7-9-18/h6-9,12-13,16,24H,5,10-11,14-15H2,1-4H3. The molecule has 0 aliphatic heterocycles. The van der Waals surface area contributed by atoms with Gasteiger partial charge in [0, 0.05) is 13.2 Å². The molecule has 27 heavy (non-hydrogen) atoms. The normalized spacial score (nSPS) is 11.0. The molecule has 0 aliphatic rings. The molecule has 148 valence electrons. The Labute approximate surface area is 167 Å². The fourth-order valence-electron chi connectivity index (χ4n) is 2.60. The van der Waals surface area contributed by atoms with Crippen LogP contribution in [0.15, 0.2) is 36.4 Å². The molecule has 0 fully saturated rings. The summed E-state index contributed by atoms with van der Waals surface area (Å²) in [5.41, 5.74) is 3.37. The first-order chi connectivity index (χ1) is 13.0. The number of benzene rings is 2. The zero-order valence-electron chi connectivity index (χ0n) is 16.7. The van der Waals surface area contributed by atoms with Gasteiger partial charge >= 0.3 is 0 Å². The van der Waals surface area contributed by atoms with Gasteiger partial charge < -0.3 is 19.5 Å². The lowest BCUT2D eigenvalue weighted by molar-refractivity contribution is 0.0770. The second-order valence-electron chi connectivity index (χ2n) is 6.83. The molecule has 2 rings (SSSR count). The lowest BCUT2D eigenvalue weighted by atomic mass is 10.1. The van der Waals surface area contributed by atoms with E-state index in [1.165, 1.54) is 5.56 Å². The van der Waals surface area contributed by atoms with Crippen molar-refractivity contribution in [3.8, 4) is 11.5 Å². The van der Waals surface area contributed by atoms with Crippen LogP contribution in [-0.2, 0) is 17.9 Å². The van der Waals surface area contributed by atoms with E-state index >= 15 is 0 Å². The SMILES string of the molecule is COc1cc(CNCCCOC(C)C)cc(Cl)c1OCc1ccc(C)cc1. The molecule has 0 heterocycles. The predicted molar refractivity (Wildman–Crippen MR) is 111 cm³/mol. The molecule has 0 radical (unpaired) electrons. The lowest BCUT2D eigenvalue weighted by Gasteiger charge is -2.15. The quantitative estimate of drug-likeness (QED) is 0.538. The van der Waals surface area contributed by atoms with Crippen LogP contribution in [0.25, 0.3) is 0 Å². The number of aryl methyl sites for hydroxylation is 1. The number of methoxy groups -OCH3 is 1. The highest BCUT2D eigenvalue weighted by molar-refractivity contribution is 6.32. The van der Waals surface area contributed by atoms with Gasteiger partial charge in [-0.25, -0.2) is 0 Å². The Kier molecular flexibility index (Phi) is 8.92. The van der Waals surface area contributed by atoms with Gasteiger partial charge in [-0.2, -0.15) is 0 Å². The van der Waals surface area contributed by atoms with E-state index in [0.29, 0.717) is 23.1 Å². The van der Waals surface area contributed by atoms with Crippen molar-refractivity contribution < 1.29 is 14.2 Å². The zero-order chi connectivity index (χ0) is 19.6. The van der Waals surface area contributed by atoms with E-state index in [4.69, 9.17) is 25.8 Å². The first-order valence-electron chi connectivity index (χ1n) is 9.36. The molecular weight excluding hydrogens is 362 g/mol. The molecule has 0 aliphatic carbocycles. The van der Waals surface area contributed by atoms with Gasteiger partial charge in [-0.1, -0.05) is 41.4 Å². The molecule has 0 atom stereocenters. The number of ether oxygens (including phenoxy) is 3. The van der Waals surface area contributed by atoms with Gasteiger partial charge in [0.2, 0.25) is 0 Å². The number of hydrogen-bond donors (Lipinski definition) is 1. The third kappa shape index (κ3) is 7.41. The molecule has 0 amide bonds. The van der Waals surface area contributed by atoms with Gasteiger partial charge in [0.15, 0.2) is 11.5 Å². The fourth-order valence-corrected chi connectivity index (χ4v) is 2.89. The number of rotatable bonds is 11. The van der Waals surface area contributed by atoms with Gasteiger partial charge in [0.1, 0.15) is 6.61 Å². The molecule has 0 bridgehead atoms. The van der Waals surface area contributed by atoms with Crippen molar-refractivity contribution in [1.82, 2.24) is 5.32 Å². The maximum Gasteiger partial charge on any atom is 0.180 e. The Hall–Kier alpha value is -1.75. The van der Waals surface area contributed by atoms with Crippen LogP contribution < -0.4 is 14.8 Å². The molecule has 0 saturated carbocycles. The van der Waals surface area contributed by atoms with Crippen molar-refractivity contribution in [3.05, 3.63) is 58.1 Å². The van der Waals surface area contributed by atoms with E-state index < -0.39 is 0 Å². The molecule has 4 nitrogen and oxygen atoms in total. The number of halogens is 1. The highest BCUT2D eigenvalue weighted by atomic mass is 35.5. The van der Waals surface area contributed by atoms with Crippen molar-refractivity contribution in [2.24, 2.45) is 0 Å². The highest BCUT2D eigenvalue weighted by Crippen LogP contribution is 2.37. The van der Waals surface area contributed by atoms with Crippen molar-refractivity contribution in [1.29, 1.82) is 0 Å². The topological polar surface area (TPSA) is 39.7 Å². The van der Waals surface area contributed by atoms with Crippen LogP contribution in [0.4, 0.5) is 0 Å². The Balaban J connectivity index is 1.90. The Morgan fingerprint density at radius 1 is 1.07 bits per heavy atom. The summed E-state index contributed by atoms with van der Waals surface area (Å²) in [6.07, 6.45) is 1.25. The van der Waals surface area contributed by atoms with Crippen LogP contribution >= 0.6 is 11.6 Å². The average molecular weight is 392 g/mol. The fraction of sp³-hybridized carbons (Fsp3) is 0.455. The molecule has 2 aromatic rings. The number of nitrogens with one attached hydrogen (secondary N) is 1. The molecule has 1 N–H and O–H groups in total. The van der Waals surface area contributed by atoms with Crippen LogP contribution in [0.5, 0.6) is 11.5 Å². The van der Waals surface area contributed by atoms with Crippen LogP contribution in [0, 0.1) is 6.92 Å². The smallest absolute Gasteiger partial charge is 0.180 e. The minimum Gasteiger partial charge on any atom is -0.493 e. The van der Waals surface area contributed by atoms with Gasteiger partial charge in [0.05, 0.1) is 18.2 Å². The summed E-state index contributed by atoms with van der Waals surface area (Å²) >= 11 is 6.45. The predicted octanol–water partition coefficient (Wildman–Crippen LogP) is 5.14. The Morgan fingerprint density at radius 2 is 1.81 bits per heavy atom. The third-order valence-electron chi connectivity index (χ3n) is 4.07. The summed E-state index contributed by atoms with van der Waals surface area (Å²) < 4.78 is 17.0. The van der Waals surface area contributed by atoms with Crippen LogP contribution in [0.1, 0.15) is 37.0 Å². The molecule has 0 saturated heterocycles. The van der Waals surface area contributed by atoms with Gasteiger partial charge in [-0.15, -0.1) is 0 Å². The van der Waals surface area contributed by atoms with Crippen molar-refractivity contribution >= 4 is 11.6 Å². The van der Waals surface area contributed by atoms with Crippen molar-refractivity contribution in [3.63, 3.8) is 0 Å². The van der Waals surface area contributed by atoms with Gasteiger partial charge in [0.25, 0.3) is 0 Å². The van der Waals surface area contributed by atoms with Crippen LogP contribution in [-0.4, -0.2) is 26.4 Å². The maximum atomic E-state index is 6.45. The first-order valence-corrected chi connectivity index (χ1v) is 9.74. The van der Waals surface area contributed by atoms with E-state index in [9.17, 15) is 0 Å². The largest absolute Gasteiger partial charge is 0.493 e. The number of hydrogen-bond acceptors (Lipinski definition) is 4. The molecule has 2 aromatic carbocycles. The average Bonchev–Trinajstić information content (AvgIpc) is 2.64. The van der Waals surface area contributed by atoms with Gasteiger partial charge in [-0.05, 0) is 57.0 Å². The second kappa shape index (κ2) is 11.2. The first kappa shape index (κ1) is 21.5. The monoisotopic (exact) mass is 391 g/mol. The summed E-state index contributed by atoms with van der Waals surface area (Å²) in [4.78, 5) is 0. The molecule has 0 aromatic heterocycles. The van der Waals surface area contributed by atoms with E-state index in [1.807, 2.05) is 26.0 Å². The van der Waals surface area contributed by atoms with E-state index in [0.717, 1.165) is 37.2 Å². The Bertz CT molecular complexity index is 701.